The van der Waals surface area contributed by atoms with Crippen molar-refractivity contribution in [2.45, 2.75) is 13.0 Å². The molecule has 1 aromatic carbocycles. The average molecular weight is 352 g/mol. The zero-order valence-corrected chi connectivity index (χ0v) is 14.7. The minimum Gasteiger partial charge on any atom is -0.307 e. The SMILES string of the molecule is CC(c1ccc2ncccc2c1)n1cnc2ncc(-c3ccncc3)nc21. The average Bonchev–Trinajstić information content (AvgIpc) is 3.16. The van der Waals surface area contributed by atoms with Crippen molar-refractivity contribution >= 4 is 22.2 Å². The van der Waals surface area contributed by atoms with E-state index in [0.717, 1.165) is 27.8 Å². The fourth-order valence-corrected chi connectivity index (χ4v) is 3.27. The molecule has 5 aromatic rings. The van der Waals surface area contributed by atoms with Crippen molar-refractivity contribution in [1.29, 1.82) is 0 Å². The summed E-state index contributed by atoms with van der Waals surface area (Å²) in [7, 11) is 0. The van der Waals surface area contributed by atoms with Gasteiger partial charge in [0, 0.05) is 29.5 Å². The van der Waals surface area contributed by atoms with Crippen LogP contribution in [0.2, 0.25) is 0 Å². The second-order valence-corrected chi connectivity index (χ2v) is 6.42. The molecule has 0 amide bonds. The van der Waals surface area contributed by atoms with Crippen molar-refractivity contribution in [3.05, 3.63) is 79.1 Å². The van der Waals surface area contributed by atoms with Gasteiger partial charge in [0.15, 0.2) is 11.3 Å². The van der Waals surface area contributed by atoms with E-state index in [-0.39, 0.29) is 6.04 Å². The first kappa shape index (κ1) is 15.6. The summed E-state index contributed by atoms with van der Waals surface area (Å²) < 4.78 is 2.06. The Morgan fingerprint density at radius 1 is 0.926 bits per heavy atom. The third kappa shape index (κ3) is 2.71. The van der Waals surface area contributed by atoms with Gasteiger partial charge in [-0.05, 0) is 42.8 Å². The van der Waals surface area contributed by atoms with Gasteiger partial charge in [-0.15, -0.1) is 0 Å². The number of hydrogen-bond donors (Lipinski definition) is 0. The lowest BCUT2D eigenvalue weighted by atomic mass is 10.1. The molecule has 0 aliphatic rings. The van der Waals surface area contributed by atoms with Crippen LogP contribution < -0.4 is 0 Å². The lowest BCUT2D eigenvalue weighted by Crippen LogP contribution is -2.07. The zero-order valence-electron chi connectivity index (χ0n) is 14.7. The van der Waals surface area contributed by atoms with Crippen LogP contribution in [0.3, 0.4) is 0 Å². The molecule has 0 spiro atoms. The van der Waals surface area contributed by atoms with Crippen LogP contribution in [0, 0.1) is 0 Å². The monoisotopic (exact) mass is 352 g/mol. The molecule has 130 valence electrons. The Balaban J connectivity index is 1.60. The van der Waals surface area contributed by atoms with Gasteiger partial charge in [-0.1, -0.05) is 12.1 Å². The van der Waals surface area contributed by atoms with E-state index in [0.29, 0.717) is 5.65 Å². The van der Waals surface area contributed by atoms with Crippen molar-refractivity contribution in [3.63, 3.8) is 0 Å². The number of fused-ring (bicyclic) bond motifs is 2. The summed E-state index contributed by atoms with van der Waals surface area (Å²) in [6.07, 6.45) is 8.87. The molecule has 0 saturated carbocycles. The first-order valence-electron chi connectivity index (χ1n) is 8.74. The van der Waals surface area contributed by atoms with Gasteiger partial charge in [0.2, 0.25) is 0 Å². The highest BCUT2D eigenvalue weighted by Crippen LogP contribution is 2.25. The summed E-state index contributed by atoms with van der Waals surface area (Å²) in [6.45, 7) is 2.14. The molecule has 1 unspecified atom stereocenters. The molecule has 0 saturated heterocycles. The summed E-state index contributed by atoms with van der Waals surface area (Å²) in [5.74, 6) is 0. The highest BCUT2D eigenvalue weighted by molar-refractivity contribution is 5.79. The van der Waals surface area contributed by atoms with E-state index in [1.54, 1.807) is 24.9 Å². The lowest BCUT2D eigenvalue weighted by Gasteiger charge is -2.15. The molecular weight excluding hydrogens is 336 g/mol. The molecule has 4 aromatic heterocycles. The maximum Gasteiger partial charge on any atom is 0.197 e. The van der Waals surface area contributed by atoms with Crippen LogP contribution in [0.25, 0.3) is 33.5 Å². The Morgan fingerprint density at radius 2 is 1.81 bits per heavy atom. The highest BCUT2D eigenvalue weighted by atomic mass is 15.1. The number of benzene rings is 1. The molecule has 5 rings (SSSR count). The number of pyridine rings is 2. The summed E-state index contributed by atoms with van der Waals surface area (Å²) in [5.41, 5.74) is 5.36. The van der Waals surface area contributed by atoms with Crippen molar-refractivity contribution in [3.8, 4) is 11.3 Å². The van der Waals surface area contributed by atoms with Crippen molar-refractivity contribution < 1.29 is 0 Å². The Hall–Kier alpha value is -3.67. The third-order valence-corrected chi connectivity index (χ3v) is 4.79. The van der Waals surface area contributed by atoms with Crippen molar-refractivity contribution in [2.75, 3.05) is 0 Å². The minimum atomic E-state index is 0.0709. The standard InChI is InChI=1S/C21H16N6/c1-14(16-4-5-18-17(11-16)3-2-8-23-18)27-13-25-20-21(27)26-19(12-24-20)15-6-9-22-10-7-15/h2-14H,1H3. The van der Waals surface area contributed by atoms with Gasteiger partial charge in [0.1, 0.15) is 0 Å². The molecular formula is C21H16N6. The van der Waals surface area contributed by atoms with E-state index >= 15 is 0 Å². The molecule has 0 radical (unpaired) electrons. The van der Waals surface area contributed by atoms with Crippen LogP contribution >= 0.6 is 0 Å². The van der Waals surface area contributed by atoms with Gasteiger partial charge in [0.05, 0.1) is 29.8 Å². The third-order valence-electron chi connectivity index (χ3n) is 4.79. The molecule has 27 heavy (non-hydrogen) atoms. The summed E-state index contributed by atoms with van der Waals surface area (Å²) in [6, 6.07) is 14.3. The van der Waals surface area contributed by atoms with Crippen LogP contribution in [0.5, 0.6) is 0 Å². The normalized spacial score (nSPS) is 12.5. The predicted molar refractivity (Wildman–Crippen MR) is 104 cm³/mol. The van der Waals surface area contributed by atoms with E-state index in [2.05, 4.69) is 49.6 Å². The van der Waals surface area contributed by atoms with Gasteiger partial charge in [-0.2, -0.15) is 0 Å². The smallest absolute Gasteiger partial charge is 0.197 e. The molecule has 0 bridgehead atoms. The van der Waals surface area contributed by atoms with Crippen molar-refractivity contribution in [1.82, 2.24) is 29.5 Å². The van der Waals surface area contributed by atoms with Gasteiger partial charge >= 0.3 is 0 Å². The topological polar surface area (TPSA) is 69.4 Å². The van der Waals surface area contributed by atoms with E-state index in [4.69, 9.17) is 4.98 Å². The Labute approximate surface area is 155 Å². The minimum absolute atomic E-state index is 0.0709. The van der Waals surface area contributed by atoms with Gasteiger partial charge in [-0.3, -0.25) is 9.97 Å². The van der Waals surface area contributed by atoms with Crippen molar-refractivity contribution in [2.24, 2.45) is 0 Å². The first-order valence-corrected chi connectivity index (χ1v) is 8.74. The van der Waals surface area contributed by atoms with Crippen LogP contribution in [-0.4, -0.2) is 29.5 Å². The number of imidazole rings is 1. The fraction of sp³-hybridized carbons (Fsp3) is 0.0952. The maximum atomic E-state index is 4.81. The Bertz CT molecular complexity index is 1250. The molecule has 6 nitrogen and oxygen atoms in total. The zero-order chi connectivity index (χ0) is 18.2. The van der Waals surface area contributed by atoms with E-state index in [9.17, 15) is 0 Å². The highest BCUT2D eigenvalue weighted by Gasteiger charge is 2.15. The van der Waals surface area contributed by atoms with E-state index in [1.807, 2.05) is 30.5 Å². The summed E-state index contributed by atoms with van der Waals surface area (Å²) >= 11 is 0. The van der Waals surface area contributed by atoms with E-state index in [1.165, 1.54) is 5.56 Å². The van der Waals surface area contributed by atoms with Crippen LogP contribution in [0.4, 0.5) is 0 Å². The largest absolute Gasteiger partial charge is 0.307 e. The Morgan fingerprint density at radius 3 is 2.70 bits per heavy atom. The van der Waals surface area contributed by atoms with Gasteiger partial charge < -0.3 is 4.57 Å². The number of aromatic nitrogens is 6. The molecule has 0 aliphatic carbocycles. The summed E-state index contributed by atoms with van der Waals surface area (Å²) in [4.78, 5) is 22.2. The van der Waals surface area contributed by atoms with E-state index < -0.39 is 0 Å². The van der Waals surface area contributed by atoms with Crippen LogP contribution in [-0.2, 0) is 0 Å². The molecule has 0 fully saturated rings. The van der Waals surface area contributed by atoms with Gasteiger partial charge in [0.25, 0.3) is 0 Å². The predicted octanol–water partition coefficient (Wildman–Crippen LogP) is 4.05. The van der Waals surface area contributed by atoms with Crippen LogP contribution in [0.1, 0.15) is 18.5 Å². The number of hydrogen-bond acceptors (Lipinski definition) is 5. The number of nitrogens with zero attached hydrogens (tertiary/aromatic N) is 6. The first-order chi connectivity index (χ1) is 13.3. The molecule has 1 atom stereocenters. The summed E-state index contributed by atoms with van der Waals surface area (Å²) in [5, 5.41) is 1.12. The molecule has 4 heterocycles. The lowest BCUT2D eigenvalue weighted by molar-refractivity contribution is 0.653. The quantitative estimate of drug-likeness (QED) is 0.490. The fourth-order valence-electron chi connectivity index (χ4n) is 3.27. The molecule has 6 heteroatoms. The second kappa shape index (κ2) is 6.25. The molecule has 0 N–H and O–H groups in total. The number of rotatable bonds is 3. The van der Waals surface area contributed by atoms with Crippen LogP contribution in [0.15, 0.2) is 73.6 Å². The second-order valence-electron chi connectivity index (χ2n) is 6.42. The molecule has 0 aliphatic heterocycles. The Kier molecular flexibility index (Phi) is 3.60. The maximum absolute atomic E-state index is 4.81. The van der Waals surface area contributed by atoms with Gasteiger partial charge in [-0.25, -0.2) is 15.0 Å².